The van der Waals surface area contributed by atoms with Gasteiger partial charge in [0.15, 0.2) is 0 Å². The molecule has 2 rings (SSSR count). The van der Waals surface area contributed by atoms with Crippen LogP contribution >= 0.6 is 0 Å². The molecule has 1 N–H and O–H groups in total. The van der Waals surface area contributed by atoms with E-state index in [1.807, 2.05) is 0 Å². The van der Waals surface area contributed by atoms with Crippen LogP contribution in [0.15, 0.2) is 0 Å². The van der Waals surface area contributed by atoms with Gasteiger partial charge in [0, 0.05) is 13.1 Å². The van der Waals surface area contributed by atoms with Crippen LogP contribution in [0.2, 0.25) is 0 Å². The van der Waals surface area contributed by atoms with Gasteiger partial charge in [-0.25, -0.2) is 0 Å². The van der Waals surface area contributed by atoms with Gasteiger partial charge in [-0.15, -0.1) is 0 Å². The molecule has 0 aromatic rings. The van der Waals surface area contributed by atoms with Gasteiger partial charge in [0.2, 0.25) is 0 Å². The van der Waals surface area contributed by atoms with E-state index in [9.17, 15) is 0 Å². The normalized spacial score (nSPS) is 43.4. The highest BCUT2D eigenvalue weighted by Crippen LogP contribution is 2.27. The van der Waals surface area contributed by atoms with Crippen LogP contribution in [0.1, 0.15) is 26.7 Å². The molecule has 2 aliphatic heterocycles. The Labute approximate surface area is 93.2 Å². The molecule has 0 aromatic carbocycles. The fraction of sp³-hybridized carbons (Fsp3) is 1.00. The predicted molar refractivity (Wildman–Crippen MR) is 61.7 cm³/mol. The smallest absolute Gasteiger partial charge is 0.116 e. The fourth-order valence-corrected chi connectivity index (χ4v) is 2.70. The number of ether oxygens (including phenoxy) is 1. The highest BCUT2D eigenvalue weighted by atomic mass is 16.5. The van der Waals surface area contributed by atoms with Gasteiger partial charge in [0.25, 0.3) is 0 Å². The number of hydrogen-bond acceptors (Lipinski definition) is 3. The third-order valence-corrected chi connectivity index (χ3v) is 3.68. The van der Waals surface area contributed by atoms with Crippen LogP contribution in [0.4, 0.5) is 0 Å². The van der Waals surface area contributed by atoms with Crippen molar-refractivity contribution in [3.63, 3.8) is 0 Å². The van der Waals surface area contributed by atoms with Crippen molar-refractivity contribution in [2.24, 2.45) is 11.8 Å². The van der Waals surface area contributed by atoms with E-state index in [0.29, 0.717) is 5.92 Å². The van der Waals surface area contributed by atoms with Crippen molar-refractivity contribution in [2.75, 3.05) is 33.3 Å². The van der Waals surface area contributed by atoms with E-state index in [0.717, 1.165) is 25.5 Å². The molecule has 2 saturated heterocycles. The third-order valence-electron chi connectivity index (χ3n) is 3.68. The lowest BCUT2D eigenvalue weighted by Crippen LogP contribution is -2.53. The summed E-state index contributed by atoms with van der Waals surface area (Å²) in [5, 5.41) is 3.55. The van der Waals surface area contributed by atoms with E-state index in [-0.39, 0.29) is 5.72 Å². The maximum absolute atomic E-state index is 5.95. The average Bonchev–Trinajstić information content (AvgIpc) is 2.57. The van der Waals surface area contributed by atoms with Crippen molar-refractivity contribution in [1.29, 1.82) is 0 Å². The molecule has 2 heterocycles. The lowest BCUT2D eigenvalue weighted by Gasteiger charge is -2.39. The largest absolute Gasteiger partial charge is 0.361 e. The van der Waals surface area contributed by atoms with E-state index < -0.39 is 0 Å². The van der Waals surface area contributed by atoms with Gasteiger partial charge in [-0.2, -0.15) is 0 Å². The lowest BCUT2D eigenvalue weighted by atomic mass is 9.95. The summed E-state index contributed by atoms with van der Waals surface area (Å²) in [6.45, 7) is 8.92. The van der Waals surface area contributed by atoms with Crippen LogP contribution in [-0.2, 0) is 4.74 Å². The highest BCUT2D eigenvalue weighted by Gasteiger charge is 2.34. The molecule has 88 valence electrons. The molecule has 2 fully saturated rings. The first-order chi connectivity index (χ1) is 7.07. The predicted octanol–water partition coefficient (Wildman–Crippen LogP) is 1.30. The van der Waals surface area contributed by atoms with Crippen LogP contribution in [0.25, 0.3) is 0 Å². The molecular weight excluding hydrogens is 188 g/mol. The molecule has 0 aromatic heterocycles. The molecule has 0 spiro atoms. The zero-order valence-corrected chi connectivity index (χ0v) is 10.3. The fourth-order valence-electron chi connectivity index (χ4n) is 2.70. The molecule has 0 radical (unpaired) electrons. The summed E-state index contributed by atoms with van der Waals surface area (Å²) in [5.41, 5.74) is -0.0671. The van der Waals surface area contributed by atoms with E-state index in [4.69, 9.17) is 4.74 Å². The highest BCUT2D eigenvalue weighted by molar-refractivity contribution is 4.84. The standard InChI is InChI=1S/C12H24N2O/c1-10-7-13-12(2,15-9-10)6-11-4-5-14(3)8-11/h10-11,13H,4-9H2,1-3H3. The zero-order valence-electron chi connectivity index (χ0n) is 10.3. The van der Waals surface area contributed by atoms with Crippen LogP contribution in [-0.4, -0.2) is 43.9 Å². The summed E-state index contributed by atoms with van der Waals surface area (Å²) in [5.74, 6) is 1.46. The Balaban J connectivity index is 1.82. The molecular formula is C12H24N2O. The second-order valence-electron chi connectivity index (χ2n) is 5.65. The Kier molecular flexibility index (Phi) is 3.33. The molecule has 3 unspecified atom stereocenters. The van der Waals surface area contributed by atoms with Gasteiger partial charge in [0.05, 0.1) is 6.61 Å². The first kappa shape index (κ1) is 11.4. The van der Waals surface area contributed by atoms with E-state index in [2.05, 4.69) is 31.1 Å². The van der Waals surface area contributed by atoms with Crippen molar-refractivity contribution < 1.29 is 4.74 Å². The van der Waals surface area contributed by atoms with Crippen LogP contribution in [0.5, 0.6) is 0 Å². The summed E-state index contributed by atoms with van der Waals surface area (Å²) in [6, 6.07) is 0. The topological polar surface area (TPSA) is 24.5 Å². The van der Waals surface area contributed by atoms with Crippen molar-refractivity contribution >= 4 is 0 Å². The molecule has 15 heavy (non-hydrogen) atoms. The summed E-state index contributed by atoms with van der Waals surface area (Å²) in [7, 11) is 2.21. The van der Waals surface area contributed by atoms with E-state index in [1.54, 1.807) is 0 Å². The first-order valence-corrected chi connectivity index (χ1v) is 6.15. The molecule has 3 atom stereocenters. The molecule has 0 saturated carbocycles. The Hall–Kier alpha value is -0.120. The zero-order chi connectivity index (χ0) is 10.9. The average molecular weight is 212 g/mol. The molecule has 3 heteroatoms. The third kappa shape index (κ3) is 2.92. The summed E-state index contributed by atoms with van der Waals surface area (Å²) in [6.07, 6.45) is 2.48. The maximum atomic E-state index is 5.95. The van der Waals surface area contributed by atoms with Crippen molar-refractivity contribution in [2.45, 2.75) is 32.4 Å². The van der Waals surface area contributed by atoms with Gasteiger partial charge >= 0.3 is 0 Å². The monoisotopic (exact) mass is 212 g/mol. The van der Waals surface area contributed by atoms with Crippen molar-refractivity contribution in [3.05, 3.63) is 0 Å². The van der Waals surface area contributed by atoms with Crippen LogP contribution < -0.4 is 5.32 Å². The number of rotatable bonds is 2. The molecule has 0 amide bonds. The van der Waals surface area contributed by atoms with Crippen LogP contribution in [0.3, 0.4) is 0 Å². The van der Waals surface area contributed by atoms with Gasteiger partial charge in [-0.3, -0.25) is 5.32 Å². The Morgan fingerprint density at radius 3 is 2.87 bits per heavy atom. The number of nitrogens with zero attached hydrogens (tertiary/aromatic N) is 1. The van der Waals surface area contributed by atoms with Gasteiger partial charge < -0.3 is 9.64 Å². The molecule has 0 bridgehead atoms. The van der Waals surface area contributed by atoms with Gasteiger partial charge in [0.1, 0.15) is 5.72 Å². The molecule has 0 aliphatic carbocycles. The Morgan fingerprint density at radius 2 is 2.33 bits per heavy atom. The lowest BCUT2D eigenvalue weighted by molar-refractivity contribution is -0.112. The first-order valence-electron chi connectivity index (χ1n) is 6.15. The minimum Gasteiger partial charge on any atom is -0.361 e. The Bertz CT molecular complexity index is 212. The second kappa shape index (κ2) is 4.40. The van der Waals surface area contributed by atoms with Crippen molar-refractivity contribution in [3.8, 4) is 0 Å². The molecule has 2 aliphatic rings. The van der Waals surface area contributed by atoms with Gasteiger partial charge in [-0.05, 0) is 45.2 Å². The number of likely N-dealkylation sites (tertiary alicyclic amines) is 1. The van der Waals surface area contributed by atoms with E-state index >= 15 is 0 Å². The number of nitrogens with one attached hydrogen (secondary N) is 1. The van der Waals surface area contributed by atoms with E-state index in [1.165, 1.54) is 19.5 Å². The Morgan fingerprint density at radius 1 is 1.53 bits per heavy atom. The minimum atomic E-state index is -0.0671. The van der Waals surface area contributed by atoms with Gasteiger partial charge in [-0.1, -0.05) is 6.92 Å². The quantitative estimate of drug-likeness (QED) is 0.747. The SMILES string of the molecule is CC1CNC(C)(CC2CCN(C)C2)OC1. The second-order valence-corrected chi connectivity index (χ2v) is 5.65. The maximum Gasteiger partial charge on any atom is 0.116 e. The number of hydrogen-bond donors (Lipinski definition) is 1. The minimum absolute atomic E-state index is 0.0671. The van der Waals surface area contributed by atoms with Crippen LogP contribution in [0, 0.1) is 11.8 Å². The van der Waals surface area contributed by atoms with Crippen molar-refractivity contribution in [1.82, 2.24) is 10.2 Å². The summed E-state index contributed by atoms with van der Waals surface area (Å²) >= 11 is 0. The molecule has 3 nitrogen and oxygen atoms in total. The summed E-state index contributed by atoms with van der Waals surface area (Å²) in [4.78, 5) is 2.42. The summed E-state index contributed by atoms with van der Waals surface area (Å²) < 4.78 is 5.95.